The third kappa shape index (κ3) is 3.80. The minimum Gasteiger partial charge on any atom is -0.502 e. The zero-order chi connectivity index (χ0) is 15.4. The molecule has 0 bridgehead atoms. The molecule has 1 heterocycles. The van der Waals surface area contributed by atoms with Crippen LogP contribution in [0.3, 0.4) is 0 Å². The summed E-state index contributed by atoms with van der Waals surface area (Å²) in [6, 6.07) is 4.37. The first-order valence-corrected chi connectivity index (χ1v) is 7.37. The zero-order valence-electron chi connectivity index (χ0n) is 13.4. The lowest BCUT2D eigenvalue weighted by Crippen LogP contribution is -2.37. The van der Waals surface area contributed by atoms with E-state index < -0.39 is 0 Å². The summed E-state index contributed by atoms with van der Waals surface area (Å²) in [7, 11) is 7.35. The molecule has 0 radical (unpaired) electrons. The second-order valence-electron chi connectivity index (χ2n) is 5.88. The van der Waals surface area contributed by atoms with Crippen molar-refractivity contribution in [2.24, 2.45) is 0 Å². The molecule has 0 amide bonds. The van der Waals surface area contributed by atoms with Crippen molar-refractivity contribution in [1.82, 2.24) is 9.80 Å². The molecule has 0 saturated carbocycles. The lowest BCUT2D eigenvalue weighted by atomic mass is 10.1. The van der Waals surface area contributed by atoms with Gasteiger partial charge in [-0.25, -0.2) is 0 Å². The van der Waals surface area contributed by atoms with E-state index in [1.807, 2.05) is 12.1 Å². The number of nitrogens with zero attached hydrogens (tertiary/aromatic N) is 2. The van der Waals surface area contributed by atoms with Gasteiger partial charge in [0.15, 0.2) is 11.5 Å². The number of hydrogen-bond acceptors (Lipinski definition) is 5. The zero-order valence-corrected chi connectivity index (χ0v) is 13.4. The molecule has 21 heavy (non-hydrogen) atoms. The number of rotatable bonds is 6. The van der Waals surface area contributed by atoms with Crippen LogP contribution in [0.15, 0.2) is 12.1 Å². The normalized spacial score (nSPS) is 19.2. The van der Waals surface area contributed by atoms with Crippen molar-refractivity contribution in [1.29, 1.82) is 0 Å². The Kier molecular flexibility index (Phi) is 5.31. The summed E-state index contributed by atoms with van der Waals surface area (Å²) in [5, 5.41) is 9.97. The highest BCUT2D eigenvalue weighted by Gasteiger charge is 2.25. The number of phenolic OH excluding ortho intramolecular Hbond substituents is 1. The molecule has 1 aromatic carbocycles. The van der Waals surface area contributed by atoms with E-state index in [-0.39, 0.29) is 5.75 Å². The van der Waals surface area contributed by atoms with Gasteiger partial charge in [-0.2, -0.15) is 0 Å². The molecule has 1 saturated heterocycles. The van der Waals surface area contributed by atoms with Gasteiger partial charge >= 0.3 is 0 Å². The fourth-order valence-electron chi connectivity index (χ4n) is 3.01. The number of likely N-dealkylation sites (tertiary alicyclic amines) is 1. The Bertz CT molecular complexity index is 452. The van der Waals surface area contributed by atoms with Gasteiger partial charge in [0, 0.05) is 19.1 Å². The molecule has 1 N–H and O–H groups in total. The minimum absolute atomic E-state index is 0.0648. The van der Waals surface area contributed by atoms with E-state index in [2.05, 4.69) is 23.9 Å². The van der Waals surface area contributed by atoms with Crippen LogP contribution < -0.4 is 9.47 Å². The third-order valence-corrected chi connectivity index (χ3v) is 4.00. The van der Waals surface area contributed by atoms with Crippen molar-refractivity contribution in [3.63, 3.8) is 0 Å². The van der Waals surface area contributed by atoms with E-state index in [0.717, 1.165) is 25.2 Å². The summed E-state index contributed by atoms with van der Waals surface area (Å²) in [4.78, 5) is 4.73. The summed E-state index contributed by atoms with van der Waals surface area (Å²) in [6.07, 6.45) is 2.48. The molecular weight excluding hydrogens is 268 g/mol. The molecule has 0 aliphatic carbocycles. The Balaban J connectivity index is 2.15. The average molecular weight is 294 g/mol. The Morgan fingerprint density at radius 1 is 1.24 bits per heavy atom. The Hall–Kier alpha value is -1.46. The van der Waals surface area contributed by atoms with Crippen LogP contribution in [0.2, 0.25) is 0 Å². The highest BCUT2D eigenvalue weighted by molar-refractivity contribution is 5.52. The number of benzene rings is 1. The van der Waals surface area contributed by atoms with E-state index in [4.69, 9.17) is 9.47 Å². The standard InChI is InChI=1S/C16H26N2O3/c1-17(2)11-13-6-5-7-18(13)10-12-8-14(20-3)16(19)15(9-12)21-4/h8-9,13,19H,5-7,10-11H2,1-4H3. The number of ether oxygens (including phenoxy) is 2. The van der Waals surface area contributed by atoms with Gasteiger partial charge in [0.1, 0.15) is 0 Å². The van der Waals surface area contributed by atoms with Gasteiger partial charge in [-0.1, -0.05) is 0 Å². The van der Waals surface area contributed by atoms with Crippen molar-refractivity contribution < 1.29 is 14.6 Å². The van der Waals surface area contributed by atoms with Crippen LogP contribution in [0.5, 0.6) is 17.2 Å². The SMILES string of the molecule is COc1cc(CN2CCCC2CN(C)C)cc(OC)c1O. The number of aromatic hydroxyl groups is 1. The van der Waals surface area contributed by atoms with E-state index in [9.17, 15) is 5.11 Å². The predicted octanol–water partition coefficient (Wildman–Crippen LogP) is 1.94. The first kappa shape index (κ1) is 15.9. The summed E-state index contributed by atoms with van der Waals surface area (Å²) < 4.78 is 10.5. The number of phenols is 1. The second-order valence-corrected chi connectivity index (χ2v) is 5.88. The summed E-state index contributed by atoms with van der Waals surface area (Å²) >= 11 is 0. The molecule has 1 aliphatic rings. The van der Waals surface area contributed by atoms with Gasteiger partial charge in [0.25, 0.3) is 0 Å². The molecule has 0 aromatic heterocycles. The van der Waals surface area contributed by atoms with Crippen molar-refractivity contribution in [3.8, 4) is 17.2 Å². The minimum atomic E-state index is 0.0648. The monoisotopic (exact) mass is 294 g/mol. The number of hydrogen-bond donors (Lipinski definition) is 1. The van der Waals surface area contributed by atoms with E-state index >= 15 is 0 Å². The van der Waals surface area contributed by atoms with E-state index in [0.29, 0.717) is 17.5 Å². The molecule has 5 nitrogen and oxygen atoms in total. The van der Waals surface area contributed by atoms with Crippen LogP contribution in [0.25, 0.3) is 0 Å². The molecule has 1 fully saturated rings. The molecule has 0 spiro atoms. The maximum atomic E-state index is 9.97. The van der Waals surface area contributed by atoms with Crippen LogP contribution in [-0.2, 0) is 6.54 Å². The highest BCUT2D eigenvalue weighted by atomic mass is 16.5. The first-order valence-electron chi connectivity index (χ1n) is 7.37. The van der Waals surface area contributed by atoms with Crippen LogP contribution >= 0.6 is 0 Å². The van der Waals surface area contributed by atoms with Crippen molar-refractivity contribution >= 4 is 0 Å². The van der Waals surface area contributed by atoms with Crippen molar-refractivity contribution in [3.05, 3.63) is 17.7 Å². The molecule has 118 valence electrons. The third-order valence-electron chi connectivity index (χ3n) is 4.00. The van der Waals surface area contributed by atoms with Gasteiger partial charge < -0.3 is 19.5 Å². The number of methoxy groups -OCH3 is 2. The molecule has 1 atom stereocenters. The Morgan fingerprint density at radius 2 is 1.86 bits per heavy atom. The van der Waals surface area contributed by atoms with E-state index in [1.165, 1.54) is 12.8 Å². The largest absolute Gasteiger partial charge is 0.502 e. The molecule has 2 rings (SSSR count). The molecule has 1 aliphatic heterocycles. The second kappa shape index (κ2) is 7.00. The predicted molar refractivity (Wildman–Crippen MR) is 83.2 cm³/mol. The molecule has 1 aromatic rings. The fourth-order valence-corrected chi connectivity index (χ4v) is 3.01. The van der Waals surface area contributed by atoms with Crippen molar-refractivity contribution in [2.45, 2.75) is 25.4 Å². The van der Waals surface area contributed by atoms with Gasteiger partial charge in [0.2, 0.25) is 5.75 Å². The first-order chi connectivity index (χ1) is 10.0. The molecule has 5 heteroatoms. The van der Waals surface area contributed by atoms with Crippen LogP contribution in [0.4, 0.5) is 0 Å². The lowest BCUT2D eigenvalue weighted by Gasteiger charge is -2.27. The fraction of sp³-hybridized carbons (Fsp3) is 0.625. The summed E-state index contributed by atoms with van der Waals surface area (Å²) in [5.74, 6) is 0.996. The quantitative estimate of drug-likeness (QED) is 0.868. The maximum absolute atomic E-state index is 9.97. The summed E-state index contributed by atoms with van der Waals surface area (Å²) in [6.45, 7) is 3.04. The Labute approximate surface area is 127 Å². The van der Waals surface area contributed by atoms with Gasteiger partial charge in [-0.15, -0.1) is 0 Å². The lowest BCUT2D eigenvalue weighted by molar-refractivity contribution is 0.200. The van der Waals surface area contributed by atoms with Crippen LogP contribution in [0.1, 0.15) is 18.4 Å². The van der Waals surface area contributed by atoms with Crippen molar-refractivity contribution in [2.75, 3.05) is 41.4 Å². The summed E-state index contributed by atoms with van der Waals surface area (Å²) in [5.41, 5.74) is 1.10. The molecular formula is C16H26N2O3. The van der Waals surface area contributed by atoms with Gasteiger partial charge in [-0.3, -0.25) is 4.90 Å². The topological polar surface area (TPSA) is 45.2 Å². The van der Waals surface area contributed by atoms with E-state index in [1.54, 1.807) is 14.2 Å². The molecule has 1 unspecified atom stereocenters. The highest BCUT2D eigenvalue weighted by Crippen LogP contribution is 2.37. The Morgan fingerprint density at radius 3 is 2.38 bits per heavy atom. The van der Waals surface area contributed by atoms with Crippen LogP contribution in [-0.4, -0.2) is 62.4 Å². The average Bonchev–Trinajstić information content (AvgIpc) is 2.86. The van der Waals surface area contributed by atoms with Gasteiger partial charge in [0.05, 0.1) is 14.2 Å². The maximum Gasteiger partial charge on any atom is 0.200 e. The van der Waals surface area contributed by atoms with Gasteiger partial charge in [-0.05, 0) is 51.2 Å². The number of likely N-dealkylation sites (N-methyl/N-ethyl adjacent to an activating group) is 1. The smallest absolute Gasteiger partial charge is 0.200 e. The van der Waals surface area contributed by atoms with Crippen LogP contribution in [0, 0.1) is 0 Å².